The molecule has 2 heterocycles. The minimum absolute atomic E-state index is 0.0289. The van der Waals surface area contributed by atoms with E-state index in [0.29, 0.717) is 0 Å². The van der Waals surface area contributed by atoms with E-state index in [1.807, 2.05) is 18.4 Å². The Morgan fingerprint density at radius 1 is 1.45 bits per heavy atom. The number of halogens is 1. The van der Waals surface area contributed by atoms with Gasteiger partial charge in [-0.2, -0.15) is 4.31 Å². The van der Waals surface area contributed by atoms with E-state index in [1.165, 1.54) is 22.7 Å². The fourth-order valence-corrected chi connectivity index (χ4v) is 4.03. The predicted molar refractivity (Wildman–Crippen MR) is 79.8 cm³/mol. The Morgan fingerprint density at radius 2 is 2.15 bits per heavy atom. The second kappa shape index (κ2) is 5.69. The van der Waals surface area contributed by atoms with Crippen molar-refractivity contribution in [1.82, 2.24) is 9.29 Å². The van der Waals surface area contributed by atoms with Crippen LogP contribution in [0.5, 0.6) is 0 Å². The van der Waals surface area contributed by atoms with Crippen LogP contribution in [-0.2, 0) is 16.6 Å². The standard InChI is InChI=1S/C12H13ClN2O3S2/c1-8-3-4-19-11(8)7-15(2)20(17,18)9-5-10(13)12(16)14-6-9/h3-6H,7H2,1-2H3,(H,14,16). The third-order valence-corrected chi connectivity index (χ3v) is 5.94. The Morgan fingerprint density at radius 3 is 2.70 bits per heavy atom. The monoisotopic (exact) mass is 332 g/mol. The van der Waals surface area contributed by atoms with Crippen molar-refractivity contribution in [2.24, 2.45) is 0 Å². The molecule has 0 radical (unpaired) electrons. The van der Waals surface area contributed by atoms with Gasteiger partial charge in [-0.25, -0.2) is 8.42 Å². The highest BCUT2D eigenvalue weighted by atomic mass is 35.5. The van der Waals surface area contributed by atoms with Crippen molar-refractivity contribution in [3.05, 3.63) is 49.5 Å². The third kappa shape index (κ3) is 2.95. The van der Waals surface area contributed by atoms with Crippen molar-refractivity contribution >= 4 is 33.0 Å². The maximum Gasteiger partial charge on any atom is 0.266 e. The summed E-state index contributed by atoms with van der Waals surface area (Å²) in [7, 11) is -2.19. The number of aryl methyl sites for hydroxylation is 1. The van der Waals surface area contributed by atoms with Crippen LogP contribution in [-0.4, -0.2) is 24.8 Å². The molecule has 108 valence electrons. The molecule has 0 fully saturated rings. The van der Waals surface area contributed by atoms with Crippen molar-refractivity contribution in [2.75, 3.05) is 7.05 Å². The molecule has 0 unspecified atom stereocenters. The molecule has 2 aromatic heterocycles. The summed E-state index contributed by atoms with van der Waals surface area (Å²) in [6.07, 6.45) is 1.15. The summed E-state index contributed by atoms with van der Waals surface area (Å²) >= 11 is 7.17. The van der Waals surface area contributed by atoms with Crippen molar-refractivity contribution in [3.8, 4) is 0 Å². The number of pyridine rings is 1. The number of H-pyrrole nitrogens is 1. The van der Waals surface area contributed by atoms with Gasteiger partial charge >= 0.3 is 0 Å². The molecule has 0 spiro atoms. The zero-order valence-electron chi connectivity index (χ0n) is 10.9. The van der Waals surface area contributed by atoms with Crippen molar-refractivity contribution < 1.29 is 8.42 Å². The highest BCUT2D eigenvalue weighted by Gasteiger charge is 2.22. The molecule has 0 aliphatic rings. The molecular formula is C12H13ClN2O3S2. The maximum atomic E-state index is 12.4. The van der Waals surface area contributed by atoms with Gasteiger partial charge < -0.3 is 4.98 Å². The Hall–Kier alpha value is -1.15. The largest absolute Gasteiger partial charge is 0.326 e. The van der Waals surface area contributed by atoms with Crippen LogP contribution in [0.2, 0.25) is 5.02 Å². The molecule has 0 bridgehead atoms. The molecule has 20 heavy (non-hydrogen) atoms. The molecule has 5 nitrogen and oxygen atoms in total. The Balaban J connectivity index is 2.32. The lowest BCUT2D eigenvalue weighted by Gasteiger charge is -2.16. The van der Waals surface area contributed by atoms with Crippen LogP contribution in [0.3, 0.4) is 0 Å². The minimum Gasteiger partial charge on any atom is -0.326 e. The first-order chi connectivity index (χ1) is 9.32. The average molecular weight is 333 g/mol. The topological polar surface area (TPSA) is 70.2 Å². The molecule has 0 saturated carbocycles. The van der Waals surface area contributed by atoms with Gasteiger partial charge in [-0.15, -0.1) is 11.3 Å². The van der Waals surface area contributed by atoms with Gasteiger partial charge in [0.1, 0.15) is 5.02 Å². The number of hydrogen-bond acceptors (Lipinski definition) is 4. The molecular weight excluding hydrogens is 320 g/mol. The highest BCUT2D eigenvalue weighted by molar-refractivity contribution is 7.89. The van der Waals surface area contributed by atoms with Crippen molar-refractivity contribution in [1.29, 1.82) is 0 Å². The van der Waals surface area contributed by atoms with E-state index in [0.717, 1.165) is 22.7 Å². The van der Waals surface area contributed by atoms with Crippen LogP contribution < -0.4 is 5.56 Å². The lowest BCUT2D eigenvalue weighted by molar-refractivity contribution is 0.468. The first-order valence-corrected chi connectivity index (χ1v) is 8.39. The van der Waals surface area contributed by atoms with E-state index in [9.17, 15) is 13.2 Å². The summed E-state index contributed by atoms with van der Waals surface area (Å²) in [5.41, 5.74) is 0.541. The summed E-state index contributed by atoms with van der Waals surface area (Å²) in [5.74, 6) is 0. The number of aromatic nitrogens is 1. The molecule has 0 aliphatic carbocycles. The van der Waals surface area contributed by atoms with Gasteiger partial charge in [-0.1, -0.05) is 11.6 Å². The van der Waals surface area contributed by atoms with Gasteiger partial charge in [-0.05, 0) is 30.0 Å². The van der Waals surface area contributed by atoms with Crippen LogP contribution in [0, 0.1) is 6.92 Å². The second-order valence-electron chi connectivity index (χ2n) is 4.30. The van der Waals surface area contributed by atoms with Gasteiger partial charge in [0.15, 0.2) is 0 Å². The lowest BCUT2D eigenvalue weighted by Crippen LogP contribution is -2.27. The van der Waals surface area contributed by atoms with E-state index < -0.39 is 15.6 Å². The zero-order chi connectivity index (χ0) is 14.9. The molecule has 8 heteroatoms. The molecule has 2 rings (SSSR count). The first kappa shape index (κ1) is 15.2. The number of rotatable bonds is 4. The van der Waals surface area contributed by atoms with Crippen molar-refractivity contribution in [2.45, 2.75) is 18.4 Å². The number of thiophene rings is 1. The van der Waals surface area contributed by atoms with Crippen LogP contribution in [0.25, 0.3) is 0 Å². The average Bonchev–Trinajstić information content (AvgIpc) is 2.78. The Kier molecular flexibility index (Phi) is 4.33. The molecule has 0 aliphatic heterocycles. The minimum atomic E-state index is -3.69. The highest BCUT2D eigenvalue weighted by Crippen LogP contribution is 2.21. The fourth-order valence-electron chi connectivity index (χ4n) is 1.62. The normalized spacial score (nSPS) is 12.0. The number of nitrogens with one attached hydrogen (secondary N) is 1. The predicted octanol–water partition coefficient (Wildman–Crippen LogP) is 2.22. The first-order valence-electron chi connectivity index (χ1n) is 5.70. The lowest BCUT2D eigenvalue weighted by atomic mass is 10.3. The zero-order valence-corrected chi connectivity index (χ0v) is 13.3. The molecule has 0 amide bonds. The van der Waals surface area contributed by atoms with E-state index in [-0.39, 0.29) is 16.5 Å². The summed E-state index contributed by atoms with van der Waals surface area (Å²) in [6.45, 7) is 2.21. The summed E-state index contributed by atoms with van der Waals surface area (Å²) in [4.78, 5) is 14.4. The maximum absolute atomic E-state index is 12.4. The molecule has 1 N–H and O–H groups in total. The van der Waals surface area contributed by atoms with E-state index in [4.69, 9.17) is 11.6 Å². The molecule has 0 saturated heterocycles. The van der Waals surface area contributed by atoms with Gasteiger partial charge in [0, 0.05) is 24.7 Å². The smallest absolute Gasteiger partial charge is 0.266 e. The molecule has 0 aromatic carbocycles. The van der Waals surface area contributed by atoms with Gasteiger partial charge in [-0.3, -0.25) is 4.79 Å². The number of aromatic amines is 1. The molecule has 0 atom stereocenters. The quantitative estimate of drug-likeness (QED) is 0.933. The number of hydrogen-bond donors (Lipinski definition) is 1. The summed E-state index contributed by atoms with van der Waals surface area (Å²) < 4.78 is 26.0. The summed E-state index contributed by atoms with van der Waals surface area (Å²) in [5, 5.41) is 1.77. The van der Waals surface area contributed by atoms with Crippen LogP contribution in [0.15, 0.2) is 33.4 Å². The fraction of sp³-hybridized carbons (Fsp3) is 0.250. The van der Waals surface area contributed by atoms with Crippen LogP contribution in [0.1, 0.15) is 10.4 Å². The summed E-state index contributed by atoms with van der Waals surface area (Å²) in [6, 6.07) is 3.10. The third-order valence-electron chi connectivity index (χ3n) is 2.87. The van der Waals surface area contributed by atoms with Crippen LogP contribution in [0.4, 0.5) is 0 Å². The van der Waals surface area contributed by atoms with Crippen molar-refractivity contribution in [3.63, 3.8) is 0 Å². The number of nitrogens with zero attached hydrogens (tertiary/aromatic N) is 1. The Bertz CT molecular complexity index is 780. The van der Waals surface area contributed by atoms with Gasteiger partial charge in [0.05, 0.1) is 4.90 Å². The van der Waals surface area contributed by atoms with E-state index in [1.54, 1.807) is 0 Å². The Labute approximate surface area is 125 Å². The number of sulfonamides is 1. The van der Waals surface area contributed by atoms with E-state index >= 15 is 0 Å². The van der Waals surface area contributed by atoms with Gasteiger partial charge in [0.2, 0.25) is 10.0 Å². The SMILES string of the molecule is Cc1ccsc1CN(C)S(=O)(=O)c1c[nH]c(=O)c(Cl)c1. The van der Waals surface area contributed by atoms with E-state index in [2.05, 4.69) is 4.98 Å². The van der Waals surface area contributed by atoms with Crippen LogP contribution >= 0.6 is 22.9 Å². The molecule has 2 aromatic rings. The van der Waals surface area contributed by atoms with Gasteiger partial charge in [0.25, 0.3) is 5.56 Å². The second-order valence-corrected chi connectivity index (χ2v) is 7.75.